The number of benzene rings is 1. The highest BCUT2D eigenvalue weighted by atomic mass is 16.2. The molecule has 1 aromatic carbocycles. The van der Waals surface area contributed by atoms with Gasteiger partial charge in [-0.3, -0.25) is 14.3 Å². The van der Waals surface area contributed by atoms with E-state index in [4.69, 9.17) is 0 Å². The second-order valence-electron chi connectivity index (χ2n) is 8.91. The fourth-order valence-electron chi connectivity index (χ4n) is 4.09. The first-order valence-electron chi connectivity index (χ1n) is 10.8. The minimum Gasteiger partial charge on any atom is -0.310 e. The molecule has 1 N–H and O–H groups in total. The molecule has 8 nitrogen and oxygen atoms in total. The molecule has 1 amide bonds. The maximum atomic E-state index is 13.0. The van der Waals surface area contributed by atoms with Crippen LogP contribution in [0.4, 0.5) is 5.82 Å². The number of amides is 1. The molecule has 1 aliphatic heterocycles. The van der Waals surface area contributed by atoms with Crippen LogP contribution in [0.3, 0.4) is 0 Å². The van der Waals surface area contributed by atoms with E-state index in [-0.39, 0.29) is 11.6 Å². The first kappa shape index (κ1) is 21.3. The second kappa shape index (κ2) is 7.81. The summed E-state index contributed by atoms with van der Waals surface area (Å²) in [6.45, 7) is 3.72. The molecule has 0 spiro atoms. The monoisotopic (exact) mass is 450 g/mol. The molecule has 0 saturated heterocycles. The van der Waals surface area contributed by atoms with Gasteiger partial charge in [-0.25, -0.2) is 9.78 Å². The molecule has 5 rings (SSSR count). The van der Waals surface area contributed by atoms with Crippen molar-refractivity contribution in [1.29, 1.82) is 5.26 Å². The molecule has 4 aromatic rings. The number of nitrogens with zero attached hydrogens (tertiary/aromatic N) is 5. The van der Waals surface area contributed by atoms with Gasteiger partial charge in [-0.1, -0.05) is 12.1 Å². The third-order valence-corrected chi connectivity index (χ3v) is 6.11. The molecule has 8 heteroatoms. The number of hydrogen-bond donors (Lipinski definition) is 1. The van der Waals surface area contributed by atoms with Crippen LogP contribution in [0.5, 0.6) is 0 Å². The average molecular weight is 451 g/mol. The van der Waals surface area contributed by atoms with Crippen molar-refractivity contribution in [1.82, 2.24) is 19.1 Å². The molecular formula is C26H22N6O2. The van der Waals surface area contributed by atoms with E-state index in [0.29, 0.717) is 29.3 Å². The number of carbonyl (C=O) groups excluding carboxylic acids is 1. The summed E-state index contributed by atoms with van der Waals surface area (Å²) in [5.41, 5.74) is 4.63. The van der Waals surface area contributed by atoms with Crippen LogP contribution in [0.15, 0.2) is 65.8 Å². The third-order valence-electron chi connectivity index (χ3n) is 6.11. The summed E-state index contributed by atoms with van der Waals surface area (Å²) >= 11 is 0. The number of nitriles is 1. The van der Waals surface area contributed by atoms with Crippen LogP contribution in [0.25, 0.3) is 28.2 Å². The molecule has 34 heavy (non-hydrogen) atoms. The minimum atomic E-state index is -0.622. The maximum absolute atomic E-state index is 13.0. The zero-order valence-electron chi connectivity index (χ0n) is 19.0. The number of pyridine rings is 2. The van der Waals surface area contributed by atoms with Crippen LogP contribution >= 0.6 is 0 Å². The summed E-state index contributed by atoms with van der Waals surface area (Å²) in [5, 5.41) is 12.2. The van der Waals surface area contributed by atoms with Crippen molar-refractivity contribution in [3.05, 3.63) is 82.7 Å². The number of imidazole rings is 1. The van der Waals surface area contributed by atoms with Crippen molar-refractivity contribution in [2.75, 3.05) is 5.32 Å². The Bertz CT molecular complexity index is 1540. The van der Waals surface area contributed by atoms with E-state index in [1.54, 1.807) is 30.2 Å². The first-order chi connectivity index (χ1) is 16.3. The van der Waals surface area contributed by atoms with Crippen molar-refractivity contribution in [3.8, 4) is 34.3 Å². The van der Waals surface area contributed by atoms with Gasteiger partial charge < -0.3 is 9.88 Å². The van der Waals surface area contributed by atoms with Crippen LogP contribution in [-0.2, 0) is 23.7 Å². The lowest BCUT2D eigenvalue weighted by Crippen LogP contribution is -2.21. The predicted octanol–water partition coefficient (Wildman–Crippen LogP) is 3.60. The molecule has 0 fully saturated rings. The number of carbonyl (C=O) groups is 1. The second-order valence-corrected chi connectivity index (χ2v) is 8.91. The lowest BCUT2D eigenvalue weighted by molar-refractivity contribution is -0.115. The number of aromatic nitrogens is 4. The topological polar surface area (TPSA) is 106 Å². The van der Waals surface area contributed by atoms with E-state index >= 15 is 0 Å². The number of nitrogens with one attached hydrogen (secondary N) is 1. The third kappa shape index (κ3) is 3.57. The Kier molecular flexibility index (Phi) is 4.91. The molecule has 0 saturated carbocycles. The van der Waals surface area contributed by atoms with Crippen molar-refractivity contribution < 1.29 is 4.79 Å². The Hall–Kier alpha value is -4.51. The summed E-state index contributed by atoms with van der Waals surface area (Å²) in [5.74, 6) is 0.537. The summed E-state index contributed by atoms with van der Waals surface area (Å²) in [7, 11) is 1.70. The van der Waals surface area contributed by atoms with Crippen molar-refractivity contribution >= 4 is 11.7 Å². The number of anilines is 1. The van der Waals surface area contributed by atoms with E-state index in [1.165, 1.54) is 4.57 Å². The summed E-state index contributed by atoms with van der Waals surface area (Å²) in [6.07, 6.45) is 5.48. The van der Waals surface area contributed by atoms with Crippen LogP contribution in [0, 0.1) is 11.3 Å². The molecule has 0 bridgehead atoms. The number of hydrogen-bond acceptors (Lipinski definition) is 5. The molecule has 0 atom stereocenters. The van der Waals surface area contributed by atoms with Gasteiger partial charge >= 0.3 is 5.69 Å². The van der Waals surface area contributed by atoms with Gasteiger partial charge in [0, 0.05) is 36.8 Å². The normalized spacial score (nSPS) is 12.8. The number of fused-ring (bicyclic) bond motifs is 1. The Morgan fingerprint density at radius 2 is 1.82 bits per heavy atom. The summed E-state index contributed by atoms with van der Waals surface area (Å²) in [6, 6.07) is 15.5. The molecule has 168 valence electrons. The van der Waals surface area contributed by atoms with Crippen LogP contribution in [0.2, 0.25) is 0 Å². The van der Waals surface area contributed by atoms with Crippen LogP contribution in [0.1, 0.15) is 25.0 Å². The SMILES string of the molecule is Cn1cc(-c2cc(-c3cnc4c(c3)CC(=O)N4)ccn2)n(-c2ccc(C(C)(C)C#N)cc2)c1=O. The Morgan fingerprint density at radius 1 is 1.06 bits per heavy atom. The van der Waals surface area contributed by atoms with Gasteiger partial charge in [0.25, 0.3) is 0 Å². The first-order valence-corrected chi connectivity index (χ1v) is 10.8. The highest BCUT2D eigenvalue weighted by molar-refractivity contribution is 5.98. The Balaban J connectivity index is 1.57. The molecule has 0 aliphatic carbocycles. The van der Waals surface area contributed by atoms with E-state index < -0.39 is 5.41 Å². The van der Waals surface area contributed by atoms with Gasteiger partial charge in [0.2, 0.25) is 5.91 Å². The number of rotatable bonds is 4. The van der Waals surface area contributed by atoms with Crippen LogP contribution in [-0.4, -0.2) is 25.0 Å². The zero-order chi connectivity index (χ0) is 24.0. The quantitative estimate of drug-likeness (QED) is 0.511. The van der Waals surface area contributed by atoms with Gasteiger partial charge in [0.1, 0.15) is 5.82 Å². The predicted molar refractivity (Wildman–Crippen MR) is 128 cm³/mol. The van der Waals surface area contributed by atoms with Crippen molar-refractivity contribution in [3.63, 3.8) is 0 Å². The highest BCUT2D eigenvalue weighted by Gasteiger charge is 2.22. The standard InChI is InChI=1S/C26H22N6O2/c1-26(2,15-27)19-4-6-20(7-5-19)32-22(14-31(3)25(32)34)21-11-16(8-9-28-21)18-10-17-12-23(33)30-24(17)29-13-18/h4-11,13-14H,12H2,1-3H3,(H,29,30,33). The van der Waals surface area contributed by atoms with Crippen LogP contribution < -0.4 is 11.0 Å². The Morgan fingerprint density at radius 3 is 2.56 bits per heavy atom. The van der Waals surface area contributed by atoms with Crippen molar-refractivity contribution in [2.45, 2.75) is 25.7 Å². The van der Waals surface area contributed by atoms with E-state index in [0.717, 1.165) is 22.3 Å². The van der Waals surface area contributed by atoms with E-state index in [1.807, 2.05) is 56.3 Å². The highest BCUT2D eigenvalue weighted by Crippen LogP contribution is 2.30. The largest absolute Gasteiger partial charge is 0.333 e. The van der Waals surface area contributed by atoms with Gasteiger partial charge in [-0.15, -0.1) is 0 Å². The fraction of sp³-hybridized carbons (Fsp3) is 0.192. The maximum Gasteiger partial charge on any atom is 0.333 e. The minimum absolute atomic E-state index is 0.0625. The molecule has 1 aliphatic rings. The molecule has 4 heterocycles. The van der Waals surface area contributed by atoms with Gasteiger partial charge in [0.05, 0.1) is 35.0 Å². The fourth-order valence-corrected chi connectivity index (χ4v) is 4.09. The Labute approximate surface area is 196 Å². The van der Waals surface area contributed by atoms with Gasteiger partial charge in [-0.2, -0.15) is 5.26 Å². The van der Waals surface area contributed by atoms with E-state index in [2.05, 4.69) is 21.4 Å². The molecule has 0 unspecified atom stereocenters. The summed E-state index contributed by atoms with van der Waals surface area (Å²) in [4.78, 5) is 33.6. The lowest BCUT2D eigenvalue weighted by atomic mass is 9.86. The molecular weight excluding hydrogens is 428 g/mol. The average Bonchev–Trinajstić information content (AvgIpc) is 3.36. The van der Waals surface area contributed by atoms with Gasteiger partial charge in [0.15, 0.2) is 0 Å². The lowest BCUT2D eigenvalue weighted by Gasteiger charge is -2.16. The summed E-state index contributed by atoms with van der Waals surface area (Å²) < 4.78 is 3.13. The van der Waals surface area contributed by atoms with Crippen molar-refractivity contribution in [2.24, 2.45) is 7.05 Å². The van der Waals surface area contributed by atoms with Gasteiger partial charge in [-0.05, 0) is 55.3 Å². The number of aryl methyl sites for hydroxylation is 1. The molecule has 0 radical (unpaired) electrons. The smallest absolute Gasteiger partial charge is 0.310 e. The molecule has 3 aromatic heterocycles. The van der Waals surface area contributed by atoms with E-state index in [9.17, 15) is 14.9 Å². The zero-order valence-corrected chi connectivity index (χ0v) is 19.0.